The van der Waals surface area contributed by atoms with Gasteiger partial charge in [0, 0.05) is 5.56 Å². The van der Waals surface area contributed by atoms with Crippen molar-refractivity contribution in [3.05, 3.63) is 114 Å². The standard InChI is InChI=1S/C24H18O3/c25-24-22(19-12-6-2-7-13-19)23(20-14-8-3-9-15-20)26-21(27-24)17-16-18-10-4-1-5-11-18/h1-17,21H/b17-16-/t21-/m1/s1. The van der Waals surface area contributed by atoms with E-state index in [1.165, 1.54) is 0 Å². The maximum atomic E-state index is 12.8. The predicted octanol–water partition coefficient (Wildman–Crippen LogP) is 5.17. The van der Waals surface area contributed by atoms with Crippen molar-refractivity contribution < 1.29 is 14.3 Å². The molecular weight excluding hydrogens is 336 g/mol. The summed E-state index contributed by atoms with van der Waals surface area (Å²) in [5, 5.41) is 0. The monoisotopic (exact) mass is 354 g/mol. The number of hydrogen-bond donors (Lipinski definition) is 0. The zero-order chi connectivity index (χ0) is 18.5. The number of carbonyl (C=O) groups is 1. The zero-order valence-corrected chi connectivity index (χ0v) is 14.6. The minimum absolute atomic E-state index is 0.394. The highest BCUT2D eigenvalue weighted by molar-refractivity contribution is 6.24. The van der Waals surface area contributed by atoms with Gasteiger partial charge in [-0.1, -0.05) is 97.1 Å². The van der Waals surface area contributed by atoms with E-state index in [4.69, 9.17) is 9.47 Å². The van der Waals surface area contributed by atoms with Crippen molar-refractivity contribution in [2.75, 3.05) is 0 Å². The van der Waals surface area contributed by atoms with Crippen LogP contribution < -0.4 is 0 Å². The lowest BCUT2D eigenvalue weighted by Gasteiger charge is -2.26. The molecule has 4 rings (SSSR count). The maximum Gasteiger partial charge on any atom is 0.345 e. The third-order valence-corrected chi connectivity index (χ3v) is 4.23. The van der Waals surface area contributed by atoms with E-state index in [1.54, 1.807) is 6.08 Å². The quantitative estimate of drug-likeness (QED) is 0.607. The molecule has 3 aromatic rings. The van der Waals surface area contributed by atoms with Crippen LogP contribution in [0.1, 0.15) is 16.7 Å². The van der Waals surface area contributed by atoms with Gasteiger partial charge in [0.25, 0.3) is 6.29 Å². The van der Waals surface area contributed by atoms with Crippen molar-refractivity contribution in [2.45, 2.75) is 6.29 Å². The van der Waals surface area contributed by atoms with Gasteiger partial charge >= 0.3 is 5.97 Å². The molecule has 1 aliphatic rings. The van der Waals surface area contributed by atoms with Crippen LogP contribution in [0, 0.1) is 0 Å². The lowest BCUT2D eigenvalue weighted by molar-refractivity contribution is -0.155. The molecule has 3 aromatic carbocycles. The highest BCUT2D eigenvalue weighted by Gasteiger charge is 2.30. The van der Waals surface area contributed by atoms with Crippen LogP contribution in [0.3, 0.4) is 0 Å². The third-order valence-electron chi connectivity index (χ3n) is 4.23. The molecule has 1 atom stereocenters. The molecule has 0 saturated carbocycles. The minimum Gasteiger partial charge on any atom is -0.449 e. The van der Waals surface area contributed by atoms with Gasteiger partial charge in [-0.3, -0.25) is 0 Å². The normalized spacial score (nSPS) is 16.9. The summed E-state index contributed by atoms with van der Waals surface area (Å²) in [5.74, 6) is 0.134. The van der Waals surface area contributed by atoms with Gasteiger partial charge in [0.1, 0.15) is 11.3 Å². The highest BCUT2D eigenvalue weighted by Crippen LogP contribution is 2.34. The van der Waals surface area contributed by atoms with Crippen LogP contribution in [0.5, 0.6) is 0 Å². The fourth-order valence-corrected chi connectivity index (χ4v) is 2.94. The second-order valence-electron chi connectivity index (χ2n) is 6.10. The molecule has 0 aliphatic carbocycles. The lowest BCUT2D eigenvalue weighted by Crippen LogP contribution is -2.26. The smallest absolute Gasteiger partial charge is 0.345 e. The molecule has 0 fully saturated rings. The number of esters is 1. The van der Waals surface area contributed by atoms with E-state index in [0.29, 0.717) is 11.3 Å². The van der Waals surface area contributed by atoms with Crippen LogP contribution >= 0.6 is 0 Å². The molecule has 3 heteroatoms. The molecular formula is C24H18O3. The molecule has 0 aromatic heterocycles. The van der Waals surface area contributed by atoms with Crippen LogP contribution in [-0.2, 0) is 14.3 Å². The summed E-state index contributed by atoms with van der Waals surface area (Å²) >= 11 is 0. The van der Waals surface area contributed by atoms with E-state index in [9.17, 15) is 4.79 Å². The summed E-state index contributed by atoms with van der Waals surface area (Å²) in [5.41, 5.74) is 3.06. The van der Waals surface area contributed by atoms with Crippen molar-refractivity contribution in [1.29, 1.82) is 0 Å². The maximum absolute atomic E-state index is 12.8. The first-order valence-electron chi connectivity index (χ1n) is 8.77. The minimum atomic E-state index is -0.777. The second kappa shape index (κ2) is 7.75. The summed E-state index contributed by atoms with van der Waals surface area (Å²) < 4.78 is 11.6. The van der Waals surface area contributed by atoms with E-state index in [-0.39, 0.29) is 0 Å². The Kier molecular flexibility index (Phi) is 4.84. The number of cyclic esters (lactones) is 1. The molecule has 0 N–H and O–H groups in total. The summed E-state index contributed by atoms with van der Waals surface area (Å²) in [6, 6.07) is 28.9. The zero-order valence-electron chi connectivity index (χ0n) is 14.6. The molecule has 132 valence electrons. The molecule has 0 saturated heterocycles. The van der Waals surface area contributed by atoms with E-state index in [2.05, 4.69) is 0 Å². The van der Waals surface area contributed by atoms with Gasteiger partial charge in [0.05, 0.1) is 0 Å². The van der Waals surface area contributed by atoms with Crippen molar-refractivity contribution >= 4 is 23.4 Å². The SMILES string of the molecule is O=C1O[C@H](/C=C\c2ccccc2)OC(c2ccccc2)=C1c1ccccc1. The fourth-order valence-electron chi connectivity index (χ4n) is 2.94. The molecule has 0 spiro atoms. The second-order valence-corrected chi connectivity index (χ2v) is 6.10. The first-order valence-corrected chi connectivity index (χ1v) is 8.77. The van der Waals surface area contributed by atoms with E-state index < -0.39 is 12.3 Å². The van der Waals surface area contributed by atoms with E-state index >= 15 is 0 Å². The predicted molar refractivity (Wildman–Crippen MR) is 106 cm³/mol. The van der Waals surface area contributed by atoms with Crippen molar-refractivity contribution in [3.8, 4) is 0 Å². The van der Waals surface area contributed by atoms with Crippen LogP contribution in [0.15, 0.2) is 97.1 Å². The summed E-state index contributed by atoms with van der Waals surface area (Å²) in [4.78, 5) is 12.8. The number of carbonyl (C=O) groups excluding carboxylic acids is 1. The van der Waals surface area contributed by atoms with E-state index in [1.807, 2.05) is 97.1 Å². The molecule has 0 radical (unpaired) electrons. The van der Waals surface area contributed by atoms with Gasteiger partial charge < -0.3 is 9.47 Å². The Labute approximate surface area is 158 Å². The molecule has 1 heterocycles. The Balaban J connectivity index is 1.72. The Morgan fingerprint density at radius 3 is 1.85 bits per heavy atom. The van der Waals surface area contributed by atoms with Crippen LogP contribution in [-0.4, -0.2) is 12.3 Å². The molecule has 3 nitrogen and oxygen atoms in total. The number of rotatable bonds is 4. The molecule has 0 amide bonds. The van der Waals surface area contributed by atoms with Crippen molar-refractivity contribution in [3.63, 3.8) is 0 Å². The average Bonchev–Trinajstić information content (AvgIpc) is 2.74. The molecule has 0 bridgehead atoms. The Bertz CT molecular complexity index is 974. The third kappa shape index (κ3) is 3.82. The first kappa shape index (κ1) is 16.9. The molecule has 1 aliphatic heterocycles. The summed E-state index contributed by atoms with van der Waals surface area (Å²) in [6.45, 7) is 0. The van der Waals surface area contributed by atoms with Gasteiger partial charge in [-0.05, 0) is 17.2 Å². The van der Waals surface area contributed by atoms with E-state index in [0.717, 1.165) is 16.7 Å². The average molecular weight is 354 g/mol. The van der Waals surface area contributed by atoms with Gasteiger partial charge in [-0.25, -0.2) is 4.79 Å². The molecule has 27 heavy (non-hydrogen) atoms. The lowest BCUT2D eigenvalue weighted by atomic mass is 10.00. The topological polar surface area (TPSA) is 35.5 Å². The number of ether oxygens (including phenoxy) is 2. The van der Waals surface area contributed by atoms with Crippen molar-refractivity contribution in [2.24, 2.45) is 0 Å². The molecule has 0 unspecified atom stereocenters. The van der Waals surface area contributed by atoms with Crippen LogP contribution in [0.25, 0.3) is 17.4 Å². The van der Waals surface area contributed by atoms with Gasteiger partial charge in [0.15, 0.2) is 0 Å². The Hall–Kier alpha value is -3.59. The van der Waals surface area contributed by atoms with Gasteiger partial charge in [0.2, 0.25) is 0 Å². The summed E-state index contributed by atoms with van der Waals surface area (Å²) in [6.07, 6.45) is 2.85. The first-order chi connectivity index (χ1) is 13.3. The van der Waals surface area contributed by atoms with Crippen LogP contribution in [0.4, 0.5) is 0 Å². The van der Waals surface area contributed by atoms with Gasteiger partial charge in [-0.2, -0.15) is 0 Å². The Morgan fingerprint density at radius 2 is 1.22 bits per heavy atom. The number of hydrogen-bond acceptors (Lipinski definition) is 3. The van der Waals surface area contributed by atoms with Crippen molar-refractivity contribution in [1.82, 2.24) is 0 Å². The van der Waals surface area contributed by atoms with Gasteiger partial charge in [-0.15, -0.1) is 0 Å². The fraction of sp³-hybridized carbons (Fsp3) is 0.0417. The number of benzene rings is 3. The van der Waals surface area contributed by atoms with Crippen LogP contribution in [0.2, 0.25) is 0 Å². The highest BCUT2D eigenvalue weighted by atomic mass is 16.7. The summed E-state index contributed by atoms with van der Waals surface area (Å²) in [7, 11) is 0. The largest absolute Gasteiger partial charge is 0.449 e. The Morgan fingerprint density at radius 1 is 0.667 bits per heavy atom.